The van der Waals surface area contributed by atoms with Gasteiger partial charge in [-0.3, -0.25) is 4.79 Å². The van der Waals surface area contributed by atoms with Crippen LogP contribution in [-0.2, 0) is 4.79 Å². The Hall–Kier alpha value is -0.830. The minimum Gasteiger partial charge on any atom is -0.344 e. The molecule has 1 amide bonds. The van der Waals surface area contributed by atoms with E-state index >= 15 is 0 Å². The molecule has 0 aliphatic carbocycles. The van der Waals surface area contributed by atoms with E-state index < -0.39 is 0 Å². The van der Waals surface area contributed by atoms with E-state index in [1.54, 1.807) is 0 Å². The third kappa shape index (κ3) is 13.6. The highest BCUT2D eigenvalue weighted by Gasteiger charge is 2.02. The minimum absolute atomic E-state index is 0. The monoisotopic (exact) mass is 284 g/mol. The molecule has 3 heteroatoms. The molecule has 120 valence electrons. The van der Waals surface area contributed by atoms with Gasteiger partial charge in [0.15, 0.2) is 0 Å². The molecule has 0 aliphatic rings. The molecule has 3 nitrogen and oxygen atoms in total. The van der Waals surface area contributed by atoms with Gasteiger partial charge < -0.3 is 11.5 Å². The number of carbonyl (C=O) groups excluding carboxylic acids is 1. The fraction of sp³-hybridized carbons (Fsp3) is 0.824. The van der Waals surface area contributed by atoms with Crippen molar-refractivity contribution in [1.82, 2.24) is 11.5 Å². The van der Waals surface area contributed by atoms with Gasteiger partial charge in [-0.15, -0.1) is 0 Å². The Kier molecular flexibility index (Phi) is 15.6. The quantitative estimate of drug-likeness (QED) is 0.492. The smallest absolute Gasteiger partial charge is 0.224 e. The standard InChI is InChI=1S/C17H33NO.H3N/c1-5-6-7-8-9-10-11-12-13-14-17(19)18-16(4)15(2)3;/h5-14H2,1-4H3,(H,18,19);1H3. The molecular formula is C17H36N2O. The Balaban J connectivity index is 0. The first-order valence-electron chi connectivity index (χ1n) is 8.01. The lowest BCUT2D eigenvalue weighted by molar-refractivity contribution is -0.120. The average Bonchev–Trinajstić information content (AvgIpc) is 2.36. The zero-order valence-electron chi connectivity index (χ0n) is 14.2. The maximum atomic E-state index is 11.6. The molecule has 0 saturated heterocycles. The van der Waals surface area contributed by atoms with E-state index in [4.69, 9.17) is 0 Å². The van der Waals surface area contributed by atoms with Crippen LogP contribution in [0.25, 0.3) is 0 Å². The van der Waals surface area contributed by atoms with Crippen LogP contribution in [0.3, 0.4) is 0 Å². The lowest BCUT2D eigenvalue weighted by Gasteiger charge is -2.07. The van der Waals surface area contributed by atoms with Crippen LogP contribution >= 0.6 is 0 Å². The highest BCUT2D eigenvalue weighted by Crippen LogP contribution is 2.10. The zero-order chi connectivity index (χ0) is 14.5. The summed E-state index contributed by atoms with van der Waals surface area (Å²) < 4.78 is 0. The molecule has 0 aliphatic heterocycles. The summed E-state index contributed by atoms with van der Waals surface area (Å²) in [5.41, 5.74) is 2.18. The van der Waals surface area contributed by atoms with Gasteiger partial charge in [0.25, 0.3) is 0 Å². The average molecular weight is 284 g/mol. The number of nitrogens with one attached hydrogen (secondary N) is 1. The summed E-state index contributed by atoms with van der Waals surface area (Å²) in [4.78, 5) is 11.6. The molecule has 0 bridgehead atoms. The predicted octanol–water partition coefficient (Wildman–Crippen LogP) is 5.50. The maximum Gasteiger partial charge on any atom is 0.224 e. The van der Waals surface area contributed by atoms with Crippen molar-refractivity contribution in [3.05, 3.63) is 11.3 Å². The van der Waals surface area contributed by atoms with Crippen LogP contribution in [0.4, 0.5) is 0 Å². The lowest BCUT2D eigenvalue weighted by Crippen LogP contribution is -2.21. The number of hydrogen-bond donors (Lipinski definition) is 2. The van der Waals surface area contributed by atoms with Gasteiger partial charge in [-0.25, -0.2) is 0 Å². The molecular weight excluding hydrogens is 248 g/mol. The minimum atomic E-state index is 0. The predicted molar refractivity (Wildman–Crippen MR) is 89.1 cm³/mol. The third-order valence-corrected chi connectivity index (χ3v) is 3.58. The van der Waals surface area contributed by atoms with Crippen molar-refractivity contribution in [1.29, 1.82) is 0 Å². The van der Waals surface area contributed by atoms with Gasteiger partial charge in [0.05, 0.1) is 0 Å². The van der Waals surface area contributed by atoms with Gasteiger partial charge in [0.2, 0.25) is 5.91 Å². The Morgan fingerprint density at radius 3 is 1.70 bits per heavy atom. The lowest BCUT2D eigenvalue weighted by atomic mass is 10.1. The van der Waals surface area contributed by atoms with E-state index in [9.17, 15) is 4.79 Å². The van der Waals surface area contributed by atoms with Gasteiger partial charge >= 0.3 is 0 Å². The topological polar surface area (TPSA) is 64.1 Å². The summed E-state index contributed by atoms with van der Waals surface area (Å²) in [5, 5.41) is 2.95. The van der Waals surface area contributed by atoms with Gasteiger partial charge in [-0.1, -0.05) is 63.9 Å². The number of hydrogen-bond acceptors (Lipinski definition) is 2. The third-order valence-electron chi connectivity index (χ3n) is 3.58. The molecule has 0 atom stereocenters. The molecule has 4 N–H and O–H groups in total. The Morgan fingerprint density at radius 2 is 1.25 bits per heavy atom. The van der Waals surface area contributed by atoms with Crippen LogP contribution in [-0.4, -0.2) is 5.91 Å². The van der Waals surface area contributed by atoms with Crippen molar-refractivity contribution in [3.63, 3.8) is 0 Å². The Labute approximate surface area is 126 Å². The second-order valence-electron chi connectivity index (χ2n) is 5.75. The van der Waals surface area contributed by atoms with Gasteiger partial charge in [0, 0.05) is 12.1 Å². The van der Waals surface area contributed by atoms with Crippen molar-refractivity contribution in [2.45, 2.75) is 91.9 Å². The molecule has 0 saturated carbocycles. The number of amides is 1. The zero-order valence-corrected chi connectivity index (χ0v) is 14.2. The first-order valence-corrected chi connectivity index (χ1v) is 8.01. The SMILES string of the molecule is CCCCCCCCCCCC(=O)NC(C)=C(C)C.N. The maximum absolute atomic E-state index is 11.6. The Morgan fingerprint density at radius 1 is 0.800 bits per heavy atom. The summed E-state index contributed by atoms with van der Waals surface area (Å²) in [6, 6.07) is 0. The molecule has 0 spiro atoms. The van der Waals surface area contributed by atoms with Crippen molar-refractivity contribution >= 4 is 5.91 Å². The van der Waals surface area contributed by atoms with Gasteiger partial charge in [0.1, 0.15) is 0 Å². The van der Waals surface area contributed by atoms with Crippen molar-refractivity contribution in [3.8, 4) is 0 Å². The van der Waals surface area contributed by atoms with Gasteiger partial charge in [-0.2, -0.15) is 0 Å². The van der Waals surface area contributed by atoms with E-state index in [0.29, 0.717) is 6.42 Å². The second kappa shape index (κ2) is 14.6. The molecule has 0 aromatic rings. The molecule has 0 heterocycles. The molecule has 0 aromatic carbocycles. The molecule has 0 fully saturated rings. The number of allylic oxidation sites excluding steroid dienone is 2. The van der Waals surface area contributed by atoms with E-state index in [-0.39, 0.29) is 12.1 Å². The molecule has 0 aromatic heterocycles. The number of carbonyl (C=O) groups is 1. The summed E-state index contributed by atoms with van der Waals surface area (Å²) in [5.74, 6) is 0.168. The second-order valence-corrected chi connectivity index (χ2v) is 5.75. The van der Waals surface area contributed by atoms with E-state index in [1.807, 2.05) is 20.8 Å². The number of rotatable bonds is 11. The molecule has 0 unspecified atom stereocenters. The normalized spacial score (nSPS) is 9.80. The van der Waals surface area contributed by atoms with Crippen molar-refractivity contribution in [2.24, 2.45) is 0 Å². The first-order chi connectivity index (χ1) is 9.07. The van der Waals surface area contributed by atoms with Gasteiger partial charge in [-0.05, 0) is 27.2 Å². The van der Waals surface area contributed by atoms with Crippen LogP contribution < -0.4 is 11.5 Å². The molecule has 0 rings (SSSR count). The fourth-order valence-electron chi connectivity index (χ4n) is 1.99. The largest absolute Gasteiger partial charge is 0.344 e. The summed E-state index contributed by atoms with van der Waals surface area (Å²) >= 11 is 0. The van der Waals surface area contributed by atoms with Crippen LogP contribution in [0.1, 0.15) is 91.9 Å². The van der Waals surface area contributed by atoms with E-state index in [2.05, 4.69) is 12.2 Å². The summed E-state index contributed by atoms with van der Waals surface area (Å²) in [7, 11) is 0. The Bertz CT molecular complexity index is 268. The highest BCUT2D eigenvalue weighted by atomic mass is 16.1. The van der Waals surface area contributed by atoms with Crippen molar-refractivity contribution in [2.75, 3.05) is 0 Å². The van der Waals surface area contributed by atoms with Crippen LogP contribution in [0.15, 0.2) is 11.3 Å². The van der Waals surface area contributed by atoms with Crippen LogP contribution in [0.2, 0.25) is 0 Å². The molecule has 20 heavy (non-hydrogen) atoms. The van der Waals surface area contributed by atoms with E-state index in [0.717, 1.165) is 12.1 Å². The number of unbranched alkanes of at least 4 members (excludes halogenated alkanes) is 8. The molecule has 0 radical (unpaired) electrons. The van der Waals surface area contributed by atoms with E-state index in [1.165, 1.54) is 56.9 Å². The highest BCUT2D eigenvalue weighted by molar-refractivity contribution is 5.77. The first kappa shape index (κ1) is 21.5. The van der Waals surface area contributed by atoms with Crippen LogP contribution in [0, 0.1) is 0 Å². The van der Waals surface area contributed by atoms with Crippen LogP contribution in [0.5, 0.6) is 0 Å². The summed E-state index contributed by atoms with van der Waals surface area (Å²) in [6.07, 6.45) is 12.3. The van der Waals surface area contributed by atoms with Crippen molar-refractivity contribution < 1.29 is 4.79 Å². The fourth-order valence-corrected chi connectivity index (χ4v) is 1.99. The summed E-state index contributed by atoms with van der Waals surface area (Å²) in [6.45, 7) is 8.26.